The number of hydrogen-bond acceptors (Lipinski definition) is 6. The lowest BCUT2D eigenvalue weighted by atomic mass is 10.0. The highest BCUT2D eigenvalue weighted by atomic mass is 31.2. The lowest BCUT2D eigenvalue weighted by Crippen LogP contribution is -2.33. The standard InChI is InChI=1S/C33H27N5OP/c39-40(28-21-11-4-12-22-28)37(27-19-9-3-10-20-27)29-23-13-14-24-30(29)38(40)33-35-31(25-15-5-1-6-16-25)34-32(36-33)26-17-7-2-8-18-26/h1-7,9-17,19-24,39H,8,18H2/q+1. The average molecular weight is 541 g/mol. The summed E-state index contributed by atoms with van der Waals surface area (Å²) in [4.78, 5) is 28.1. The number of aromatic nitrogens is 3. The van der Waals surface area contributed by atoms with Crippen LogP contribution in [0.2, 0.25) is 0 Å². The Morgan fingerprint density at radius 2 is 1.23 bits per heavy atom. The molecule has 1 unspecified atom stereocenters. The molecular weight excluding hydrogens is 513 g/mol. The number of anilines is 4. The number of hydrogen-bond donors (Lipinski definition) is 1. The van der Waals surface area contributed by atoms with E-state index in [4.69, 9.17) is 15.0 Å². The highest BCUT2D eigenvalue weighted by Gasteiger charge is 2.62. The smallest absolute Gasteiger partial charge is 0.208 e. The highest BCUT2D eigenvalue weighted by molar-refractivity contribution is 7.81. The largest absolute Gasteiger partial charge is 0.379 e. The van der Waals surface area contributed by atoms with Crippen molar-refractivity contribution in [1.29, 1.82) is 0 Å². The maximum Gasteiger partial charge on any atom is 0.379 e. The Morgan fingerprint density at radius 1 is 0.625 bits per heavy atom. The van der Waals surface area contributed by atoms with Gasteiger partial charge in [0.05, 0.1) is 5.69 Å². The molecule has 1 aromatic heterocycles. The Morgan fingerprint density at radius 3 is 1.90 bits per heavy atom. The van der Waals surface area contributed by atoms with Crippen LogP contribution in [-0.2, 0) is 0 Å². The van der Waals surface area contributed by atoms with Crippen LogP contribution in [0.15, 0.2) is 133 Å². The van der Waals surface area contributed by atoms with Gasteiger partial charge in [-0.05, 0) is 54.8 Å². The first-order valence-electron chi connectivity index (χ1n) is 13.3. The van der Waals surface area contributed by atoms with Crippen LogP contribution >= 0.6 is 7.79 Å². The fourth-order valence-corrected chi connectivity index (χ4v) is 8.23. The second kappa shape index (κ2) is 10.2. The molecule has 7 heteroatoms. The van der Waals surface area contributed by atoms with Crippen LogP contribution in [0.25, 0.3) is 17.0 Å². The van der Waals surface area contributed by atoms with Gasteiger partial charge in [-0.15, -0.1) is 4.67 Å². The zero-order valence-electron chi connectivity index (χ0n) is 21.7. The van der Waals surface area contributed by atoms with E-state index in [0.717, 1.165) is 46.3 Å². The third-order valence-corrected chi connectivity index (χ3v) is 10.1. The predicted octanol–water partition coefficient (Wildman–Crippen LogP) is 7.64. The molecule has 0 bridgehead atoms. The number of benzene rings is 4. The van der Waals surface area contributed by atoms with Crippen LogP contribution in [0.4, 0.5) is 23.0 Å². The second-order valence-corrected chi connectivity index (χ2v) is 12.1. The van der Waals surface area contributed by atoms with Crippen molar-refractivity contribution in [2.45, 2.75) is 12.8 Å². The Balaban J connectivity index is 1.51. The van der Waals surface area contributed by atoms with Gasteiger partial charge in [-0.3, -0.25) is 0 Å². The fourth-order valence-electron chi connectivity index (χ4n) is 5.28. The summed E-state index contributed by atoms with van der Waals surface area (Å²) in [5.41, 5.74) is 4.59. The molecule has 1 aliphatic carbocycles. The van der Waals surface area contributed by atoms with Crippen molar-refractivity contribution in [2.75, 3.05) is 9.34 Å². The quantitative estimate of drug-likeness (QED) is 0.231. The molecular formula is C33H27N5OP+. The lowest BCUT2D eigenvalue weighted by molar-refractivity contribution is 0.611. The first kappa shape index (κ1) is 24.4. The van der Waals surface area contributed by atoms with E-state index in [1.54, 1.807) is 0 Å². The number of rotatable bonds is 5. The Hall–Kier alpha value is -4.64. The number of para-hydroxylation sites is 3. The van der Waals surface area contributed by atoms with Crippen LogP contribution in [0.1, 0.15) is 18.7 Å². The van der Waals surface area contributed by atoms with Gasteiger partial charge in [0.2, 0.25) is 0 Å². The normalized spacial score (nSPS) is 18.0. The average Bonchev–Trinajstić information content (AvgIpc) is 3.31. The van der Waals surface area contributed by atoms with Crippen molar-refractivity contribution in [3.05, 3.63) is 139 Å². The highest BCUT2D eigenvalue weighted by Crippen LogP contribution is 2.74. The molecule has 4 aromatic carbocycles. The molecule has 7 rings (SSSR count). The fraction of sp³-hybridized carbons (Fsp3) is 0.0606. The van der Waals surface area contributed by atoms with Crippen molar-refractivity contribution in [3.8, 4) is 11.4 Å². The zero-order chi connectivity index (χ0) is 26.9. The van der Waals surface area contributed by atoms with E-state index >= 15 is 0 Å². The first-order valence-corrected chi connectivity index (χ1v) is 15.0. The molecule has 0 fully saturated rings. The minimum Gasteiger partial charge on any atom is -0.208 e. The van der Waals surface area contributed by atoms with Gasteiger partial charge in [-0.2, -0.15) is 19.5 Å². The molecule has 40 heavy (non-hydrogen) atoms. The van der Waals surface area contributed by atoms with Crippen LogP contribution < -0.4 is 14.6 Å². The SMILES string of the molecule is O[P+]1(c2ccccc2)N(c2ccccc2)c2ccccc2N1c1nc(C2=CC=CCC2)nc(-c2ccccc2)n1. The minimum absolute atomic E-state index is 0.421. The van der Waals surface area contributed by atoms with E-state index < -0.39 is 7.79 Å². The van der Waals surface area contributed by atoms with Gasteiger partial charge in [0.15, 0.2) is 17.0 Å². The van der Waals surface area contributed by atoms with Crippen LogP contribution in [0.3, 0.4) is 0 Å². The van der Waals surface area contributed by atoms with Crippen molar-refractivity contribution < 1.29 is 4.89 Å². The summed E-state index contributed by atoms with van der Waals surface area (Å²) in [5.74, 6) is 1.62. The van der Waals surface area contributed by atoms with Crippen molar-refractivity contribution in [2.24, 2.45) is 0 Å². The zero-order valence-corrected chi connectivity index (χ0v) is 22.6. The van der Waals surface area contributed by atoms with E-state index in [2.05, 4.69) is 22.9 Å². The summed E-state index contributed by atoms with van der Waals surface area (Å²) in [6, 6.07) is 37.9. The molecule has 2 heterocycles. The molecule has 6 nitrogen and oxygen atoms in total. The molecule has 0 saturated carbocycles. The third kappa shape index (κ3) is 4.10. The van der Waals surface area contributed by atoms with Crippen LogP contribution in [0, 0.1) is 0 Å². The van der Waals surface area contributed by atoms with Gasteiger partial charge >= 0.3 is 7.79 Å². The van der Waals surface area contributed by atoms with Gasteiger partial charge in [0.25, 0.3) is 5.95 Å². The maximum atomic E-state index is 13.1. The predicted molar refractivity (Wildman–Crippen MR) is 164 cm³/mol. The summed E-state index contributed by atoms with van der Waals surface area (Å²) in [5, 5.41) is 0.804. The van der Waals surface area contributed by atoms with Crippen LogP contribution in [-0.4, -0.2) is 19.8 Å². The molecule has 1 aliphatic heterocycles. The van der Waals surface area contributed by atoms with Crippen molar-refractivity contribution in [3.63, 3.8) is 0 Å². The van der Waals surface area contributed by atoms with E-state index in [9.17, 15) is 4.89 Å². The molecule has 0 radical (unpaired) electrons. The van der Waals surface area contributed by atoms with E-state index in [0.29, 0.717) is 17.6 Å². The number of nitrogens with zero attached hydrogens (tertiary/aromatic N) is 5. The van der Waals surface area contributed by atoms with Crippen molar-refractivity contribution in [1.82, 2.24) is 15.0 Å². The van der Waals surface area contributed by atoms with E-state index in [1.807, 2.05) is 120 Å². The van der Waals surface area contributed by atoms with Gasteiger partial charge < -0.3 is 0 Å². The van der Waals surface area contributed by atoms with E-state index in [1.165, 1.54) is 0 Å². The first-order chi connectivity index (χ1) is 19.7. The monoisotopic (exact) mass is 540 g/mol. The number of fused-ring (bicyclic) bond motifs is 1. The summed E-state index contributed by atoms with van der Waals surface area (Å²) < 4.78 is 4.01. The van der Waals surface area contributed by atoms with E-state index in [-0.39, 0.29) is 0 Å². The summed E-state index contributed by atoms with van der Waals surface area (Å²) >= 11 is 0. The van der Waals surface area contributed by atoms with Gasteiger partial charge in [-0.1, -0.05) is 97.1 Å². The molecule has 194 valence electrons. The molecule has 5 aromatic rings. The Bertz CT molecular complexity index is 1730. The molecule has 2 aliphatic rings. The van der Waals surface area contributed by atoms with Gasteiger partial charge in [-0.25, -0.2) is 4.98 Å². The summed E-state index contributed by atoms with van der Waals surface area (Å²) in [6.07, 6.45) is 8.06. The molecule has 0 saturated heterocycles. The molecule has 0 amide bonds. The Kier molecular flexibility index (Phi) is 6.20. The topological polar surface area (TPSA) is 65.4 Å². The van der Waals surface area contributed by atoms with Gasteiger partial charge in [0.1, 0.15) is 11.4 Å². The second-order valence-electron chi connectivity index (χ2n) is 9.66. The molecule has 0 spiro atoms. The summed E-state index contributed by atoms with van der Waals surface area (Å²) in [6.45, 7) is 0. The third-order valence-electron chi connectivity index (χ3n) is 7.15. The van der Waals surface area contributed by atoms with Gasteiger partial charge in [0, 0.05) is 5.56 Å². The maximum absolute atomic E-state index is 13.1. The van der Waals surface area contributed by atoms with Crippen LogP contribution in [0.5, 0.6) is 0 Å². The summed E-state index contributed by atoms with van der Waals surface area (Å²) in [7, 11) is -3.31. The lowest BCUT2D eigenvalue weighted by Gasteiger charge is -2.30. The van der Waals surface area contributed by atoms with Crippen molar-refractivity contribution >= 4 is 41.7 Å². The molecule has 1 atom stereocenters. The number of allylic oxidation sites excluding steroid dienone is 4. The minimum atomic E-state index is -3.31. The molecule has 1 N–H and O–H groups in total. The Labute approximate surface area is 234 Å².